The third-order valence-electron chi connectivity index (χ3n) is 3.56. The van der Waals surface area contributed by atoms with E-state index >= 15 is 0 Å². The first kappa shape index (κ1) is 15.3. The molecule has 1 heterocycles. The van der Waals surface area contributed by atoms with Crippen LogP contribution in [0.3, 0.4) is 0 Å². The lowest BCUT2D eigenvalue weighted by atomic mass is 10.1. The Morgan fingerprint density at radius 1 is 1.40 bits per heavy atom. The van der Waals surface area contributed by atoms with E-state index in [4.69, 9.17) is 15.7 Å². The summed E-state index contributed by atoms with van der Waals surface area (Å²) in [5.41, 5.74) is 7.30. The predicted octanol–water partition coefficient (Wildman–Crippen LogP) is 2.65. The standard InChI is InChI=1S/C15H20BrN3O/c16-14-10-12(11-18)2-3-15(14)19-7-4-13(5-8-19)20-9-1-6-17/h2-3,10,13H,1,4-9,17H2. The molecule has 0 saturated carbocycles. The monoisotopic (exact) mass is 337 g/mol. The number of rotatable bonds is 5. The Balaban J connectivity index is 1.89. The Morgan fingerprint density at radius 2 is 2.15 bits per heavy atom. The van der Waals surface area contributed by atoms with Gasteiger partial charge < -0.3 is 15.4 Å². The normalized spacial score (nSPS) is 16.1. The molecule has 0 spiro atoms. The Kier molecular flexibility index (Phi) is 5.84. The molecular formula is C15H20BrN3O. The van der Waals surface area contributed by atoms with Crippen molar-refractivity contribution in [2.24, 2.45) is 5.73 Å². The summed E-state index contributed by atoms with van der Waals surface area (Å²) in [4.78, 5) is 2.34. The maximum absolute atomic E-state index is 8.89. The fraction of sp³-hybridized carbons (Fsp3) is 0.533. The van der Waals surface area contributed by atoms with Crippen LogP contribution in [0.25, 0.3) is 0 Å². The third kappa shape index (κ3) is 3.95. The number of hydrogen-bond acceptors (Lipinski definition) is 4. The van der Waals surface area contributed by atoms with Crippen molar-refractivity contribution in [3.63, 3.8) is 0 Å². The molecule has 1 aromatic rings. The van der Waals surface area contributed by atoms with E-state index in [0.717, 1.165) is 49.1 Å². The summed E-state index contributed by atoms with van der Waals surface area (Å²) in [7, 11) is 0. The molecule has 0 aliphatic carbocycles. The number of nitriles is 1. The number of nitrogens with two attached hydrogens (primary N) is 1. The first-order valence-corrected chi connectivity index (χ1v) is 7.80. The van der Waals surface area contributed by atoms with Gasteiger partial charge in [0, 0.05) is 24.2 Å². The first-order chi connectivity index (χ1) is 9.74. The van der Waals surface area contributed by atoms with Crippen molar-refractivity contribution < 1.29 is 4.74 Å². The van der Waals surface area contributed by atoms with Gasteiger partial charge in [-0.1, -0.05) is 0 Å². The third-order valence-corrected chi connectivity index (χ3v) is 4.20. The van der Waals surface area contributed by atoms with Gasteiger partial charge in [0.1, 0.15) is 0 Å². The van der Waals surface area contributed by atoms with Crippen LogP contribution in [0.2, 0.25) is 0 Å². The summed E-state index contributed by atoms with van der Waals surface area (Å²) >= 11 is 3.55. The van der Waals surface area contributed by atoms with Gasteiger partial charge in [0.25, 0.3) is 0 Å². The molecule has 1 aliphatic heterocycles. The van der Waals surface area contributed by atoms with Crippen LogP contribution in [0.4, 0.5) is 5.69 Å². The lowest BCUT2D eigenvalue weighted by Crippen LogP contribution is -2.37. The molecule has 0 bridgehead atoms. The summed E-state index contributed by atoms with van der Waals surface area (Å²) in [6.45, 7) is 3.42. The van der Waals surface area contributed by atoms with Crippen molar-refractivity contribution in [2.45, 2.75) is 25.4 Å². The zero-order valence-corrected chi connectivity index (χ0v) is 13.1. The molecule has 0 aromatic heterocycles. The highest BCUT2D eigenvalue weighted by Gasteiger charge is 2.21. The fourth-order valence-electron chi connectivity index (χ4n) is 2.43. The minimum atomic E-state index is 0.356. The van der Waals surface area contributed by atoms with Gasteiger partial charge >= 0.3 is 0 Å². The van der Waals surface area contributed by atoms with Gasteiger partial charge in [0.05, 0.1) is 23.4 Å². The van der Waals surface area contributed by atoms with Crippen LogP contribution in [0, 0.1) is 11.3 Å². The quantitative estimate of drug-likeness (QED) is 0.839. The second-order valence-electron chi connectivity index (χ2n) is 4.98. The molecule has 20 heavy (non-hydrogen) atoms. The summed E-state index contributed by atoms with van der Waals surface area (Å²) in [5, 5.41) is 8.89. The van der Waals surface area contributed by atoms with Crippen LogP contribution < -0.4 is 10.6 Å². The van der Waals surface area contributed by atoms with Crippen LogP contribution in [0.1, 0.15) is 24.8 Å². The second-order valence-corrected chi connectivity index (χ2v) is 5.83. The Hall–Kier alpha value is -1.09. The minimum absolute atomic E-state index is 0.356. The van der Waals surface area contributed by atoms with Gasteiger partial charge in [-0.2, -0.15) is 5.26 Å². The van der Waals surface area contributed by atoms with E-state index in [1.807, 2.05) is 18.2 Å². The van der Waals surface area contributed by atoms with Crippen LogP contribution >= 0.6 is 15.9 Å². The predicted molar refractivity (Wildman–Crippen MR) is 83.7 cm³/mol. The molecule has 0 unspecified atom stereocenters. The first-order valence-electron chi connectivity index (χ1n) is 7.01. The van der Waals surface area contributed by atoms with Crippen LogP contribution in [0.15, 0.2) is 22.7 Å². The van der Waals surface area contributed by atoms with Gasteiger partial charge in [-0.3, -0.25) is 0 Å². The molecule has 108 valence electrons. The molecule has 2 rings (SSSR count). The van der Waals surface area contributed by atoms with Crippen molar-refractivity contribution >= 4 is 21.6 Å². The molecule has 0 atom stereocenters. The van der Waals surface area contributed by atoms with Gasteiger partial charge in [0.15, 0.2) is 0 Å². The Morgan fingerprint density at radius 3 is 2.75 bits per heavy atom. The number of piperidine rings is 1. The Labute approximate surface area is 128 Å². The topological polar surface area (TPSA) is 62.3 Å². The average Bonchev–Trinajstić information content (AvgIpc) is 2.48. The molecule has 4 nitrogen and oxygen atoms in total. The van der Waals surface area contributed by atoms with Crippen molar-refractivity contribution in [1.29, 1.82) is 5.26 Å². The SMILES string of the molecule is N#Cc1ccc(N2CCC(OCCCN)CC2)c(Br)c1. The molecule has 5 heteroatoms. The zero-order valence-electron chi connectivity index (χ0n) is 11.5. The van der Waals surface area contributed by atoms with Crippen molar-refractivity contribution in [2.75, 3.05) is 31.1 Å². The van der Waals surface area contributed by atoms with E-state index in [-0.39, 0.29) is 0 Å². The number of hydrogen-bond donors (Lipinski definition) is 1. The molecule has 0 amide bonds. The highest BCUT2D eigenvalue weighted by atomic mass is 79.9. The number of halogens is 1. The Bertz CT molecular complexity index is 478. The van der Waals surface area contributed by atoms with Crippen LogP contribution in [0.5, 0.6) is 0 Å². The van der Waals surface area contributed by atoms with E-state index < -0.39 is 0 Å². The largest absolute Gasteiger partial charge is 0.378 e. The molecule has 2 N–H and O–H groups in total. The van der Waals surface area contributed by atoms with Crippen LogP contribution in [-0.4, -0.2) is 32.3 Å². The molecule has 0 radical (unpaired) electrons. The summed E-state index contributed by atoms with van der Waals surface area (Å²) < 4.78 is 6.80. The average molecular weight is 338 g/mol. The molecule has 1 aromatic carbocycles. The van der Waals surface area contributed by atoms with Gasteiger partial charge in [-0.05, 0) is 59.9 Å². The lowest BCUT2D eigenvalue weighted by Gasteiger charge is -2.34. The number of anilines is 1. The smallest absolute Gasteiger partial charge is 0.0992 e. The summed E-state index contributed by atoms with van der Waals surface area (Å²) in [6, 6.07) is 7.91. The van der Waals surface area contributed by atoms with Crippen molar-refractivity contribution in [1.82, 2.24) is 0 Å². The maximum atomic E-state index is 8.89. The van der Waals surface area contributed by atoms with E-state index in [1.165, 1.54) is 0 Å². The van der Waals surface area contributed by atoms with E-state index in [9.17, 15) is 0 Å². The maximum Gasteiger partial charge on any atom is 0.0992 e. The summed E-state index contributed by atoms with van der Waals surface area (Å²) in [5.74, 6) is 0. The molecule has 1 fully saturated rings. The van der Waals surface area contributed by atoms with Crippen molar-refractivity contribution in [3.05, 3.63) is 28.2 Å². The van der Waals surface area contributed by atoms with Gasteiger partial charge in [0.2, 0.25) is 0 Å². The number of nitrogens with zero attached hydrogens (tertiary/aromatic N) is 2. The zero-order chi connectivity index (χ0) is 14.4. The number of ether oxygens (including phenoxy) is 1. The highest BCUT2D eigenvalue weighted by molar-refractivity contribution is 9.10. The summed E-state index contributed by atoms with van der Waals surface area (Å²) in [6.07, 6.45) is 3.37. The lowest BCUT2D eigenvalue weighted by molar-refractivity contribution is 0.0366. The van der Waals surface area contributed by atoms with E-state index in [0.29, 0.717) is 18.2 Å². The van der Waals surface area contributed by atoms with Crippen molar-refractivity contribution in [3.8, 4) is 6.07 Å². The van der Waals surface area contributed by atoms with E-state index in [1.54, 1.807) is 0 Å². The van der Waals surface area contributed by atoms with Gasteiger partial charge in [-0.15, -0.1) is 0 Å². The highest BCUT2D eigenvalue weighted by Crippen LogP contribution is 2.30. The minimum Gasteiger partial charge on any atom is -0.378 e. The molecular weight excluding hydrogens is 318 g/mol. The van der Waals surface area contributed by atoms with E-state index in [2.05, 4.69) is 26.9 Å². The van der Waals surface area contributed by atoms with Gasteiger partial charge in [-0.25, -0.2) is 0 Å². The molecule has 1 aliphatic rings. The second kappa shape index (κ2) is 7.63. The number of benzene rings is 1. The fourth-order valence-corrected chi connectivity index (χ4v) is 3.06. The van der Waals surface area contributed by atoms with Crippen LogP contribution in [-0.2, 0) is 4.74 Å². The molecule has 1 saturated heterocycles.